The number of ether oxygens (including phenoxy) is 1. The van der Waals surface area contributed by atoms with Gasteiger partial charge in [0.15, 0.2) is 0 Å². The molecule has 0 spiro atoms. The van der Waals surface area contributed by atoms with E-state index in [1.807, 2.05) is 0 Å². The third-order valence-electron chi connectivity index (χ3n) is 4.77. The highest BCUT2D eigenvalue weighted by atomic mass is 16.5. The smallest absolute Gasteiger partial charge is 0.119 e. The lowest BCUT2D eigenvalue weighted by molar-refractivity contribution is 0.122. The van der Waals surface area contributed by atoms with Crippen molar-refractivity contribution in [3.8, 4) is 5.75 Å². The summed E-state index contributed by atoms with van der Waals surface area (Å²) in [5, 5.41) is 9.92. The Bertz CT molecular complexity index is 454. The van der Waals surface area contributed by atoms with Crippen molar-refractivity contribution >= 4 is 0 Å². The van der Waals surface area contributed by atoms with Gasteiger partial charge in [-0.1, -0.05) is 6.07 Å². The van der Waals surface area contributed by atoms with Gasteiger partial charge < -0.3 is 9.84 Å². The van der Waals surface area contributed by atoms with Gasteiger partial charge in [0.25, 0.3) is 0 Å². The minimum Gasteiger partial charge on any atom is -0.492 e. The monoisotopic (exact) mass is 275 g/mol. The van der Waals surface area contributed by atoms with Crippen molar-refractivity contribution in [1.29, 1.82) is 0 Å². The summed E-state index contributed by atoms with van der Waals surface area (Å²) in [4.78, 5) is 2.44. The third-order valence-corrected chi connectivity index (χ3v) is 4.77. The number of rotatable bonds is 4. The molecule has 1 heterocycles. The largest absolute Gasteiger partial charge is 0.492 e. The first kappa shape index (κ1) is 13.9. The van der Waals surface area contributed by atoms with Crippen molar-refractivity contribution in [2.45, 2.75) is 32.8 Å². The van der Waals surface area contributed by atoms with Gasteiger partial charge in [-0.2, -0.15) is 0 Å². The van der Waals surface area contributed by atoms with Crippen LogP contribution in [0.4, 0.5) is 0 Å². The molecule has 110 valence electrons. The van der Waals surface area contributed by atoms with Gasteiger partial charge in [0.1, 0.15) is 12.4 Å². The van der Waals surface area contributed by atoms with Crippen molar-refractivity contribution in [1.82, 2.24) is 4.90 Å². The molecule has 3 nitrogen and oxygen atoms in total. The van der Waals surface area contributed by atoms with Crippen LogP contribution in [0.15, 0.2) is 18.2 Å². The Hall–Kier alpha value is -1.06. The van der Waals surface area contributed by atoms with Gasteiger partial charge >= 0.3 is 0 Å². The molecule has 1 aromatic carbocycles. The summed E-state index contributed by atoms with van der Waals surface area (Å²) in [6.07, 6.45) is 2.13. The zero-order valence-corrected chi connectivity index (χ0v) is 12.5. The van der Waals surface area contributed by atoms with E-state index in [0.29, 0.717) is 11.8 Å². The number of likely N-dealkylation sites (tertiary alicyclic amines) is 1. The summed E-state index contributed by atoms with van der Waals surface area (Å²) in [7, 11) is 0. The summed E-state index contributed by atoms with van der Waals surface area (Å²) in [5.74, 6) is 2.20. The number of aliphatic hydroxyl groups excluding tert-OH is 1. The molecule has 1 N–H and O–H groups in total. The number of fused-ring (bicyclic) bond motifs is 1. The fourth-order valence-corrected chi connectivity index (χ4v) is 3.82. The molecule has 1 aliphatic heterocycles. The Labute approximate surface area is 121 Å². The molecule has 20 heavy (non-hydrogen) atoms. The van der Waals surface area contributed by atoms with E-state index in [2.05, 4.69) is 36.9 Å². The standard InChI is InChI=1S/C17H25NO2/c1-12-7-13(2)9-15(8-12)20-6-5-18-10-14-3-4-17(19)16(14)11-18/h7-9,14,16-17,19H,3-6,10-11H2,1-2H3. The zero-order chi connectivity index (χ0) is 14.1. The van der Waals surface area contributed by atoms with Gasteiger partial charge in [0, 0.05) is 25.6 Å². The van der Waals surface area contributed by atoms with Crippen LogP contribution in [-0.2, 0) is 0 Å². The predicted octanol–water partition coefficient (Wildman–Crippen LogP) is 2.38. The van der Waals surface area contributed by atoms with Gasteiger partial charge in [-0.05, 0) is 55.9 Å². The van der Waals surface area contributed by atoms with Crippen molar-refractivity contribution in [2.75, 3.05) is 26.2 Å². The maximum Gasteiger partial charge on any atom is 0.119 e. The first-order chi connectivity index (χ1) is 9.61. The lowest BCUT2D eigenvalue weighted by Gasteiger charge is -2.18. The highest BCUT2D eigenvalue weighted by Gasteiger charge is 2.41. The third kappa shape index (κ3) is 2.99. The number of hydrogen-bond donors (Lipinski definition) is 1. The molecule has 3 atom stereocenters. The van der Waals surface area contributed by atoms with E-state index in [-0.39, 0.29) is 6.10 Å². The van der Waals surface area contributed by atoms with Gasteiger partial charge in [0.2, 0.25) is 0 Å². The predicted molar refractivity (Wildman–Crippen MR) is 80.1 cm³/mol. The second-order valence-electron chi connectivity index (χ2n) is 6.50. The molecule has 2 aliphatic rings. The van der Waals surface area contributed by atoms with E-state index in [1.165, 1.54) is 17.5 Å². The SMILES string of the molecule is Cc1cc(C)cc(OCCN2CC3CCC(O)C3C2)c1. The molecule has 0 aromatic heterocycles. The summed E-state index contributed by atoms with van der Waals surface area (Å²) in [6.45, 7) is 8.08. The molecule has 3 unspecified atom stereocenters. The minimum atomic E-state index is -0.0645. The number of benzene rings is 1. The Morgan fingerprint density at radius 3 is 2.60 bits per heavy atom. The normalized spacial score (nSPS) is 29.6. The Morgan fingerprint density at radius 2 is 1.90 bits per heavy atom. The fourth-order valence-electron chi connectivity index (χ4n) is 3.82. The first-order valence-electron chi connectivity index (χ1n) is 7.73. The molecule has 0 radical (unpaired) electrons. The van der Waals surface area contributed by atoms with Gasteiger partial charge in [-0.25, -0.2) is 0 Å². The summed E-state index contributed by atoms with van der Waals surface area (Å²) < 4.78 is 5.87. The average molecular weight is 275 g/mol. The van der Waals surface area contributed by atoms with Crippen LogP contribution in [0.5, 0.6) is 5.75 Å². The number of aryl methyl sites for hydroxylation is 2. The van der Waals surface area contributed by atoms with Crippen molar-refractivity contribution in [2.24, 2.45) is 11.8 Å². The van der Waals surface area contributed by atoms with E-state index in [9.17, 15) is 5.11 Å². The Morgan fingerprint density at radius 1 is 1.15 bits per heavy atom. The van der Waals surface area contributed by atoms with Crippen molar-refractivity contribution < 1.29 is 9.84 Å². The van der Waals surface area contributed by atoms with E-state index >= 15 is 0 Å². The van der Waals surface area contributed by atoms with Crippen LogP contribution in [0.3, 0.4) is 0 Å². The maximum absolute atomic E-state index is 9.92. The average Bonchev–Trinajstić information content (AvgIpc) is 2.91. The number of nitrogens with zero attached hydrogens (tertiary/aromatic N) is 1. The Kier molecular flexibility index (Phi) is 3.99. The Balaban J connectivity index is 1.47. The molecule has 1 saturated heterocycles. The molecular weight excluding hydrogens is 250 g/mol. The quantitative estimate of drug-likeness (QED) is 0.916. The van der Waals surface area contributed by atoms with Crippen LogP contribution < -0.4 is 4.74 Å². The first-order valence-corrected chi connectivity index (χ1v) is 7.73. The maximum atomic E-state index is 9.92. The van der Waals surface area contributed by atoms with Crippen molar-refractivity contribution in [3.05, 3.63) is 29.3 Å². The van der Waals surface area contributed by atoms with Crippen LogP contribution >= 0.6 is 0 Å². The second-order valence-corrected chi connectivity index (χ2v) is 6.50. The fraction of sp³-hybridized carbons (Fsp3) is 0.647. The molecule has 1 aliphatic carbocycles. The van der Waals surface area contributed by atoms with E-state index in [0.717, 1.165) is 38.4 Å². The minimum absolute atomic E-state index is 0.0645. The lowest BCUT2D eigenvalue weighted by Crippen LogP contribution is -2.28. The van der Waals surface area contributed by atoms with Gasteiger partial charge in [0.05, 0.1) is 6.10 Å². The van der Waals surface area contributed by atoms with E-state index in [4.69, 9.17) is 4.74 Å². The molecule has 0 bridgehead atoms. The molecule has 3 heteroatoms. The zero-order valence-electron chi connectivity index (χ0n) is 12.5. The molecular formula is C17H25NO2. The molecule has 1 aromatic rings. The van der Waals surface area contributed by atoms with Crippen LogP contribution in [0.2, 0.25) is 0 Å². The summed E-state index contributed by atoms with van der Waals surface area (Å²) in [6, 6.07) is 6.35. The van der Waals surface area contributed by atoms with Gasteiger partial charge in [-0.15, -0.1) is 0 Å². The van der Waals surface area contributed by atoms with Crippen LogP contribution in [0.1, 0.15) is 24.0 Å². The molecule has 3 rings (SSSR count). The molecule has 0 amide bonds. The van der Waals surface area contributed by atoms with Crippen LogP contribution in [-0.4, -0.2) is 42.4 Å². The topological polar surface area (TPSA) is 32.7 Å². The summed E-state index contributed by atoms with van der Waals surface area (Å²) in [5.41, 5.74) is 2.50. The second kappa shape index (κ2) is 5.74. The molecule has 1 saturated carbocycles. The highest BCUT2D eigenvalue weighted by Crippen LogP contribution is 2.37. The lowest BCUT2D eigenvalue weighted by atomic mass is 10.00. The van der Waals surface area contributed by atoms with Gasteiger partial charge in [-0.3, -0.25) is 4.90 Å². The number of hydrogen-bond acceptors (Lipinski definition) is 3. The van der Waals surface area contributed by atoms with E-state index in [1.54, 1.807) is 0 Å². The van der Waals surface area contributed by atoms with Crippen LogP contribution in [0, 0.1) is 25.7 Å². The van der Waals surface area contributed by atoms with Crippen molar-refractivity contribution in [3.63, 3.8) is 0 Å². The number of aliphatic hydroxyl groups is 1. The highest BCUT2D eigenvalue weighted by molar-refractivity contribution is 5.32. The van der Waals surface area contributed by atoms with E-state index < -0.39 is 0 Å². The molecule has 2 fully saturated rings. The van der Waals surface area contributed by atoms with Crippen LogP contribution in [0.25, 0.3) is 0 Å². The summed E-state index contributed by atoms with van der Waals surface area (Å²) >= 11 is 0.